The minimum Gasteiger partial charge on any atom is -0.381 e. The molecule has 1 saturated heterocycles. The number of halogens is 3. The van der Waals surface area contributed by atoms with E-state index < -0.39 is 0 Å². The molecule has 0 aromatic heterocycles. The summed E-state index contributed by atoms with van der Waals surface area (Å²) < 4.78 is 1.07. The summed E-state index contributed by atoms with van der Waals surface area (Å²) in [5, 5.41) is 3.42. The number of hydrogen-bond acceptors (Lipinski definition) is 3. The molecule has 33 heavy (non-hydrogen) atoms. The topological polar surface area (TPSA) is 58.4 Å². The van der Waals surface area contributed by atoms with Crippen molar-refractivity contribution in [3.8, 4) is 0 Å². The first kappa shape index (κ1) is 27.2. The predicted molar refractivity (Wildman–Crippen MR) is 145 cm³/mol. The number of amides is 1. The smallest absolute Gasteiger partial charge is 0.253 e. The highest BCUT2D eigenvalue weighted by Crippen LogP contribution is 2.29. The van der Waals surface area contributed by atoms with Gasteiger partial charge in [-0.15, -0.1) is 24.8 Å². The maximum atomic E-state index is 13.1. The molecule has 1 amide bonds. The molecular weight excluding hydrogens is 521 g/mol. The molecular formula is C26H30BrCl2N3O. The normalized spacial score (nSPS) is 13.6. The lowest BCUT2D eigenvalue weighted by Gasteiger charge is -2.32. The zero-order valence-electron chi connectivity index (χ0n) is 18.4. The van der Waals surface area contributed by atoms with E-state index in [9.17, 15) is 4.79 Å². The minimum absolute atomic E-state index is 0. The lowest BCUT2D eigenvalue weighted by Crippen LogP contribution is -2.37. The fourth-order valence-electron chi connectivity index (χ4n) is 4.14. The number of carbonyl (C=O) groups excluding carboxylic acids is 1. The van der Waals surface area contributed by atoms with E-state index in [1.54, 1.807) is 0 Å². The minimum atomic E-state index is 0. The van der Waals surface area contributed by atoms with Crippen molar-refractivity contribution in [1.29, 1.82) is 0 Å². The Hall–Kier alpha value is -2.05. The van der Waals surface area contributed by atoms with Crippen molar-refractivity contribution in [2.45, 2.75) is 31.8 Å². The summed E-state index contributed by atoms with van der Waals surface area (Å²) in [6, 6.07) is 24.6. The van der Waals surface area contributed by atoms with Gasteiger partial charge in [0.2, 0.25) is 0 Å². The van der Waals surface area contributed by atoms with Gasteiger partial charge in [0.25, 0.3) is 5.91 Å². The Morgan fingerprint density at radius 3 is 2.33 bits per heavy atom. The summed E-state index contributed by atoms with van der Waals surface area (Å²) >= 11 is 3.46. The van der Waals surface area contributed by atoms with Crippen LogP contribution < -0.4 is 11.1 Å². The van der Waals surface area contributed by atoms with Crippen molar-refractivity contribution in [3.05, 3.63) is 99.5 Å². The van der Waals surface area contributed by atoms with Gasteiger partial charge < -0.3 is 16.0 Å². The summed E-state index contributed by atoms with van der Waals surface area (Å²) in [7, 11) is 0. The van der Waals surface area contributed by atoms with E-state index in [0.717, 1.165) is 48.2 Å². The monoisotopic (exact) mass is 549 g/mol. The van der Waals surface area contributed by atoms with Crippen LogP contribution in [0.1, 0.15) is 45.8 Å². The van der Waals surface area contributed by atoms with Gasteiger partial charge in [0.1, 0.15) is 0 Å². The number of piperidine rings is 1. The van der Waals surface area contributed by atoms with Gasteiger partial charge in [0, 0.05) is 41.9 Å². The molecule has 1 aliphatic heterocycles. The zero-order chi connectivity index (χ0) is 21.6. The molecule has 3 aromatic rings. The van der Waals surface area contributed by atoms with Gasteiger partial charge in [-0.1, -0.05) is 58.4 Å². The second-order valence-corrected chi connectivity index (χ2v) is 8.99. The van der Waals surface area contributed by atoms with Crippen LogP contribution in [0.5, 0.6) is 0 Å². The van der Waals surface area contributed by atoms with E-state index >= 15 is 0 Å². The standard InChI is InChI=1S/C26H28BrN3O.2ClH/c27-24-9-7-19(8-10-24)18-29-25-6-2-5-23(16-25)26(31)30-13-11-21(12-14-30)22-4-1-3-20(15-22)17-28;;/h1-10,15-16,21,29H,11-14,17-18,28H2;2*1H. The molecule has 3 aromatic carbocycles. The van der Waals surface area contributed by atoms with Gasteiger partial charge in [-0.3, -0.25) is 4.79 Å². The lowest BCUT2D eigenvalue weighted by molar-refractivity contribution is 0.0713. The molecule has 176 valence electrons. The fourth-order valence-corrected chi connectivity index (χ4v) is 4.41. The maximum absolute atomic E-state index is 13.1. The van der Waals surface area contributed by atoms with E-state index in [2.05, 4.69) is 57.6 Å². The lowest BCUT2D eigenvalue weighted by atomic mass is 9.88. The molecule has 4 nitrogen and oxygen atoms in total. The Morgan fingerprint density at radius 1 is 0.939 bits per heavy atom. The SMILES string of the molecule is Cl.Cl.NCc1cccc(C2CCN(C(=O)c3cccc(NCc4ccc(Br)cc4)c3)CC2)c1. The van der Waals surface area contributed by atoms with E-state index in [4.69, 9.17) is 5.73 Å². The number of rotatable bonds is 6. The molecule has 7 heteroatoms. The Kier molecular flexibility index (Phi) is 10.7. The van der Waals surface area contributed by atoms with Crippen molar-refractivity contribution in [2.24, 2.45) is 5.73 Å². The van der Waals surface area contributed by atoms with Crippen LogP contribution in [0.2, 0.25) is 0 Å². The van der Waals surface area contributed by atoms with E-state index in [0.29, 0.717) is 12.5 Å². The molecule has 1 heterocycles. The van der Waals surface area contributed by atoms with E-state index in [1.165, 1.54) is 16.7 Å². The molecule has 0 saturated carbocycles. The fraction of sp³-hybridized carbons (Fsp3) is 0.269. The quantitative estimate of drug-likeness (QED) is 0.374. The van der Waals surface area contributed by atoms with Crippen LogP contribution in [0, 0.1) is 0 Å². The highest BCUT2D eigenvalue weighted by atomic mass is 79.9. The first-order valence-electron chi connectivity index (χ1n) is 10.8. The third-order valence-electron chi connectivity index (χ3n) is 5.96. The summed E-state index contributed by atoms with van der Waals surface area (Å²) in [4.78, 5) is 15.1. The number of nitrogens with two attached hydrogens (primary N) is 1. The molecule has 0 aliphatic carbocycles. The van der Waals surface area contributed by atoms with Crippen molar-refractivity contribution in [2.75, 3.05) is 18.4 Å². The van der Waals surface area contributed by atoms with Gasteiger partial charge in [-0.05, 0) is 65.8 Å². The number of nitrogens with one attached hydrogen (secondary N) is 1. The van der Waals surface area contributed by atoms with E-state index in [-0.39, 0.29) is 30.7 Å². The van der Waals surface area contributed by atoms with Gasteiger partial charge >= 0.3 is 0 Å². The van der Waals surface area contributed by atoms with Crippen molar-refractivity contribution in [1.82, 2.24) is 4.90 Å². The summed E-state index contributed by atoms with van der Waals surface area (Å²) in [5.41, 5.74) is 11.2. The Bertz CT molecular complexity index is 1040. The zero-order valence-corrected chi connectivity index (χ0v) is 21.6. The average molecular weight is 551 g/mol. The first-order chi connectivity index (χ1) is 15.1. The van der Waals surface area contributed by atoms with Gasteiger partial charge in [-0.2, -0.15) is 0 Å². The van der Waals surface area contributed by atoms with Gasteiger partial charge in [-0.25, -0.2) is 0 Å². The molecule has 0 unspecified atom stereocenters. The Morgan fingerprint density at radius 2 is 1.64 bits per heavy atom. The number of hydrogen-bond donors (Lipinski definition) is 2. The summed E-state index contributed by atoms with van der Waals surface area (Å²) in [6.07, 6.45) is 1.97. The summed E-state index contributed by atoms with van der Waals surface area (Å²) in [6.45, 7) is 2.86. The Balaban J connectivity index is 0.00000193. The third-order valence-corrected chi connectivity index (χ3v) is 6.49. The van der Waals surface area contributed by atoms with Crippen molar-refractivity contribution in [3.63, 3.8) is 0 Å². The van der Waals surface area contributed by atoms with Crippen LogP contribution >= 0.6 is 40.7 Å². The van der Waals surface area contributed by atoms with Crippen LogP contribution in [-0.2, 0) is 13.1 Å². The molecule has 1 fully saturated rings. The number of likely N-dealkylation sites (tertiary alicyclic amines) is 1. The second kappa shape index (κ2) is 13.0. The Labute approximate surface area is 216 Å². The van der Waals surface area contributed by atoms with Crippen LogP contribution in [0.3, 0.4) is 0 Å². The average Bonchev–Trinajstić information content (AvgIpc) is 2.83. The second-order valence-electron chi connectivity index (χ2n) is 8.08. The number of nitrogens with zero attached hydrogens (tertiary/aromatic N) is 1. The highest BCUT2D eigenvalue weighted by Gasteiger charge is 2.24. The molecule has 0 radical (unpaired) electrons. The highest BCUT2D eigenvalue weighted by molar-refractivity contribution is 9.10. The van der Waals surface area contributed by atoms with Gasteiger partial charge in [0.05, 0.1) is 0 Å². The van der Waals surface area contributed by atoms with Crippen LogP contribution in [0.4, 0.5) is 5.69 Å². The van der Waals surface area contributed by atoms with Crippen molar-refractivity contribution < 1.29 is 4.79 Å². The van der Waals surface area contributed by atoms with Crippen LogP contribution in [0.25, 0.3) is 0 Å². The molecule has 0 bridgehead atoms. The first-order valence-corrected chi connectivity index (χ1v) is 11.6. The van der Waals surface area contributed by atoms with Gasteiger partial charge in [0.15, 0.2) is 0 Å². The largest absolute Gasteiger partial charge is 0.381 e. The van der Waals surface area contributed by atoms with Crippen molar-refractivity contribution >= 4 is 52.3 Å². The number of anilines is 1. The van der Waals surface area contributed by atoms with Crippen LogP contribution in [-0.4, -0.2) is 23.9 Å². The molecule has 1 aliphatic rings. The molecule has 0 atom stereocenters. The van der Waals surface area contributed by atoms with Crippen LogP contribution in [0.15, 0.2) is 77.3 Å². The molecule has 0 spiro atoms. The summed E-state index contributed by atoms with van der Waals surface area (Å²) in [5.74, 6) is 0.607. The number of carbonyl (C=O) groups is 1. The third kappa shape index (κ3) is 7.21. The molecule has 4 rings (SSSR count). The number of benzene rings is 3. The van der Waals surface area contributed by atoms with E-state index in [1.807, 2.05) is 41.3 Å². The maximum Gasteiger partial charge on any atom is 0.253 e. The predicted octanol–water partition coefficient (Wildman–Crippen LogP) is 6.38. The molecule has 3 N–H and O–H groups in total.